The van der Waals surface area contributed by atoms with E-state index in [9.17, 15) is 9.90 Å². The molecule has 3 heteroatoms. The van der Waals surface area contributed by atoms with Gasteiger partial charge in [-0.25, -0.2) is 0 Å². The van der Waals surface area contributed by atoms with E-state index >= 15 is 0 Å². The number of esters is 1. The molecule has 1 heterocycles. The molecule has 0 aromatic rings. The number of allylic oxidation sites excluding steroid dienone is 1. The number of hydrogen-bond acceptors (Lipinski definition) is 3. The zero-order valence-electron chi connectivity index (χ0n) is 11.4. The van der Waals surface area contributed by atoms with Crippen LogP contribution < -0.4 is 0 Å². The maximum Gasteiger partial charge on any atom is 0.313 e. The molecular formula is C15H26O3. The highest BCUT2D eigenvalue weighted by molar-refractivity contribution is 5.78. The van der Waals surface area contributed by atoms with E-state index in [2.05, 4.69) is 13.5 Å². The Labute approximate surface area is 110 Å². The van der Waals surface area contributed by atoms with Gasteiger partial charge in [-0.15, -0.1) is 6.58 Å². The molecule has 0 spiro atoms. The van der Waals surface area contributed by atoms with Crippen LogP contribution in [0.15, 0.2) is 12.7 Å². The van der Waals surface area contributed by atoms with Crippen LogP contribution in [0.5, 0.6) is 0 Å². The smallest absolute Gasteiger partial charge is 0.313 e. The first-order valence-corrected chi connectivity index (χ1v) is 7.18. The third-order valence-electron chi connectivity index (χ3n) is 3.60. The molecule has 104 valence electrons. The second-order valence-electron chi connectivity index (χ2n) is 5.19. The first kappa shape index (κ1) is 15.2. The molecule has 18 heavy (non-hydrogen) atoms. The van der Waals surface area contributed by atoms with Crippen molar-refractivity contribution in [3.8, 4) is 0 Å². The number of carbonyl (C=O) groups is 1. The summed E-state index contributed by atoms with van der Waals surface area (Å²) >= 11 is 0. The number of hydrogen-bond donors (Lipinski definition) is 1. The molecule has 1 aliphatic heterocycles. The Morgan fingerprint density at radius 3 is 2.83 bits per heavy atom. The number of aliphatic hydroxyl groups is 1. The third kappa shape index (κ3) is 4.81. The lowest BCUT2D eigenvalue weighted by Crippen LogP contribution is -2.46. The molecule has 0 aromatic carbocycles. The predicted octanol–water partition coefficient (Wildman–Crippen LogP) is 3.22. The Bertz CT molecular complexity index is 262. The van der Waals surface area contributed by atoms with Crippen molar-refractivity contribution in [3.05, 3.63) is 12.7 Å². The Kier molecular flexibility index (Phi) is 7.02. The van der Waals surface area contributed by atoms with Gasteiger partial charge in [0.2, 0.25) is 0 Å². The van der Waals surface area contributed by atoms with Crippen LogP contribution in [0, 0.1) is 5.92 Å². The Balaban J connectivity index is 2.20. The van der Waals surface area contributed by atoms with Crippen molar-refractivity contribution >= 4 is 5.97 Å². The van der Waals surface area contributed by atoms with Crippen LogP contribution in [-0.4, -0.2) is 23.3 Å². The first-order valence-electron chi connectivity index (χ1n) is 7.18. The standard InChI is InChI=1S/C15H26O3/c1-3-5-7-8-10-13-14(18-15(13)17)11-12(16)9-6-4-2/h4,12-14,16H,2-3,5-11H2,1H3/t12?,13-,14-/m0/s1. The molecule has 0 saturated carbocycles. The van der Waals surface area contributed by atoms with E-state index in [1.54, 1.807) is 6.08 Å². The lowest BCUT2D eigenvalue weighted by atomic mass is 9.87. The van der Waals surface area contributed by atoms with Gasteiger partial charge in [-0.1, -0.05) is 38.7 Å². The second kappa shape index (κ2) is 8.30. The van der Waals surface area contributed by atoms with Crippen molar-refractivity contribution in [2.24, 2.45) is 5.92 Å². The topological polar surface area (TPSA) is 46.5 Å². The second-order valence-corrected chi connectivity index (χ2v) is 5.19. The highest BCUT2D eigenvalue weighted by Gasteiger charge is 2.42. The number of carbonyl (C=O) groups excluding carboxylic acids is 1. The molecule has 3 nitrogen and oxygen atoms in total. The summed E-state index contributed by atoms with van der Waals surface area (Å²) in [4.78, 5) is 11.4. The normalized spacial score (nSPS) is 24.2. The maximum absolute atomic E-state index is 11.4. The van der Waals surface area contributed by atoms with E-state index in [1.807, 2.05) is 0 Å². The van der Waals surface area contributed by atoms with Gasteiger partial charge < -0.3 is 9.84 Å². The molecule has 0 amide bonds. The number of ether oxygens (including phenoxy) is 1. The lowest BCUT2D eigenvalue weighted by Gasteiger charge is -2.36. The van der Waals surface area contributed by atoms with Crippen molar-refractivity contribution in [1.29, 1.82) is 0 Å². The fourth-order valence-corrected chi connectivity index (χ4v) is 2.40. The minimum absolute atomic E-state index is 0.0280. The van der Waals surface area contributed by atoms with Crippen LogP contribution >= 0.6 is 0 Å². The number of cyclic esters (lactones) is 1. The van der Waals surface area contributed by atoms with E-state index < -0.39 is 0 Å². The van der Waals surface area contributed by atoms with Gasteiger partial charge in [0.25, 0.3) is 0 Å². The van der Waals surface area contributed by atoms with Crippen molar-refractivity contribution in [1.82, 2.24) is 0 Å². The van der Waals surface area contributed by atoms with Crippen molar-refractivity contribution < 1.29 is 14.6 Å². The van der Waals surface area contributed by atoms with E-state index in [0.29, 0.717) is 12.8 Å². The van der Waals surface area contributed by atoms with Crippen LogP contribution in [0.25, 0.3) is 0 Å². The van der Waals surface area contributed by atoms with E-state index in [-0.39, 0.29) is 24.1 Å². The number of aliphatic hydroxyl groups excluding tert-OH is 1. The molecule has 0 aliphatic carbocycles. The average Bonchev–Trinajstić information content (AvgIpc) is 2.35. The van der Waals surface area contributed by atoms with Gasteiger partial charge in [0.1, 0.15) is 6.10 Å². The summed E-state index contributed by atoms with van der Waals surface area (Å²) in [6.07, 6.45) is 9.10. The van der Waals surface area contributed by atoms with Crippen molar-refractivity contribution in [3.63, 3.8) is 0 Å². The Morgan fingerprint density at radius 2 is 2.22 bits per heavy atom. The van der Waals surface area contributed by atoms with E-state index in [0.717, 1.165) is 19.3 Å². The molecule has 1 rings (SSSR count). The van der Waals surface area contributed by atoms with Gasteiger partial charge in [0.15, 0.2) is 0 Å². The summed E-state index contributed by atoms with van der Waals surface area (Å²) in [7, 11) is 0. The summed E-state index contributed by atoms with van der Waals surface area (Å²) in [5.41, 5.74) is 0. The number of rotatable bonds is 10. The zero-order chi connectivity index (χ0) is 13.4. The van der Waals surface area contributed by atoms with Crippen LogP contribution in [0.1, 0.15) is 58.3 Å². The van der Waals surface area contributed by atoms with Gasteiger partial charge in [-0.3, -0.25) is 4.79 Å². The lowest BCUT2D eigenvalue weighted by molar-refractivity contribution is -0.188. The van der Waals surface area contributed by atoms with E-state index in [4.69, 9.17) is 4.74 Å². The highest BCUT2D eigenvalue weighted by Crippen LogP contribution is 2.31. The SMILES string of the molecule is C=CCCC(O)C[C@@H]1OC(=O)[C@H]1CCCCCC. The minimum atomic E-state index is -0.376. The van der Waals surface area contributed by atoms with Crippen LogP contribution in [0.3, 0.4) is 0 Å². The molecule has 0 aromatic heterocycles. The largest absolute Gasteiger partial charge is 0.461 e. The molecule has 3 atom stereocenters. The fraction of sp³-hybridized carbons (Fsp3) is 0.800. The Morgan fingerprint density at radius 1 is 1.44 bits per heavy atom. The quantitative estimate of drug-likeness (QED) is 0.370. The molecule has 1 fully saturated rings. The first-order chi connectivity index (χ1) is 8.69. The molecule has 1 unspecified atom stereocenters. The maximum atomic E-state index is 11.4. The van der Waals surface area contributed by atoms with Gasteiger partial charge in [0, 0.05) is 6.42 Å². The van der Waals surface area contributed by atoms with Crippen LogP contribution in [0.2, 0.25) is 0 Å². The zero-order valence-corrected chi connectivity index (χ0v) is 11.4. The third-order valence-corrected chi connectivity index (χ3v) is 3.60. The molecule has 1 aliphatic rings. The molecule has 1 N–H and O–H groups in total. The summed E-state index contributed by atoms with van der Waals surface area (Å²) in [6.45, 7) is 5.81. The average molecular weight is 254 g/mol. The highest BCUT2D eigenvalue weighted by atomic mass is 16.6. The molecule has 0 bridgehead atoms. The van der Waals surface area contributed by atoms with Gasteiger partial charge in [-0.05, 0) is 19.3 Å². The van der Waals surface area contributed by atoms with Crippen molar-refractivity contribution in [2.45, 2.75) is 70.5 Å². The summed E-state index contributed by atoms with van der Waals surface area (Å²) in [5, 5.41) is 9.79. The Hall–Kier alpha value is -0.830. The monoisotopic (exact) mass is 254 g/mol. The van der Waals surface area contributed by atoms with Gasteiger partial charge in [0.05, 0.1) is 12.0 Å². The van der Waals surface area contributed by atoms with E-state index in [1.165, 1.54) is 19.3 Å². The number of unbranched alkanes of at least 4 members (excludes halogenated alkanes) is 3. The summed E-state index contributed by atoms with van der Waals surface area (Å²) < 4.78 is 5.13. The summed E-state index contributed by atoms with van der Waals surface area (Å²) in [5.74, 6) is -0.0485. The summed E-state index contributed by atoms with van der Waals surface area (Å²) in [6, 6.07) is 0. The fourth-order valence-electron chi connectivity index (χ4n) is 2.40. The minimum Gasteiger partial charge on any atom is -0.461 e. The van der Waals surface area contributed by atoms with Crippen LogP contribution in [0.4, 0.5) is 0 Å². The van der Waals surface area contributed by atoms with Crippen molar-refractivity contribution in [2.75, 3.05) is 0 Å². The van der Waals surface area contributed by atoms with Gasteiger partial charge >= 0.3 is 5.97 Å². The molecular weight excluding hydrogens is 228 g/mol. The van der Waals surface area contributed by atoms with Gasteiger partial charge in [-0.2, -0.15) is 0 Å². The molecule has 0 radical (unpaired) electrons. The predicted molar refractivity (Wildman–Crippen MR) is 72.2 cm³/mol. The van der Waals surface area contributed by atoms with Crippen LogP contribution in [-0.2, 0) is 9.53 Å². The molecule has 1 saturated heterocycles.